The van der Waals surface area contributed by atoms with E-state index >= 15 is 0 Å². The summed E-state index contributed by atoms with van der Waals surface area (Å²) in [6.07, 6.45) is 4.17. The molecule has 0 aliphatic carbocycles. The smallest absolute Gasteiger partial charge is 0.315 e. The quantitative estimate of drug-likeness (QED) is 0.781. The van der Waals surface area contributed by atoms with E-state index in [4.69, 9.17) is 0 Å². The summed E-state index contributed by atoms with van der Waals surface area (Å²) in [5.41, 5.74) is 0.768. The highest BCUT2D eigenvalue weighted by Gasteiger charge is 2.24. The van der Waals surface area contributed by atoms with Crippen molar-refractivity contribution in [1.82, 2.24) is 25.5 Å². The first-order valence-corrected chi connectivity index (χ1v) is 8.88. The van der Waals surface area contributed by atoms with Gasteiger partial charge >= 0.3 is 6.03 Å². The summed E-state index contributed by atoms with van der Waals surface area (Å²) >= 11 is 0. The number of halogens is 2. The molecule has 2 amide bonds. The Balaban J connectivity index is 1.42. The van der Waals surface area contributed by atoms with Crippen LogP contribution in [-0.4, -0.2) is 40.8 Å². The number of carbonyl (C=O) groups is 1. The van der Waals surface area contributed by atoms with E-state index in [1.165, 1.54) is 12.1 Å². The number of urea groups is 1. The Morgan fingerprint density at radius 1 is 1.23 bits per heavy atom. The van der Waals surface area contributed by atoms with Crippen molar-refractivity contribution in [2.75, 3.05) is 13.1 Å². The molecule has 1 aromatic heterocycles. The minimum Gasteiger partial charge on any atom is -0.334 e. The fourth-order valence-corrected chi connectivity index (χ4v) is 3.58. The van der Waals surface area contributed by atoms with Gasteiger partial charge in [0, 0.05) is 49.4 Å². The predicted octanol–water partition coefficient (Wildman–Crippen LogP) is 1.80. The first-order valence-electron chi connectivity index (χ1n) is 8.88. The van der Waals surface area contributed by atoms with Crippen LogP contribution in [0.5, 0.6) is 0 Å². The van der Waals surface area contributed by atoms with Crippen LogP contribution in [0.15, 0.2) is 24.4 Å². The molecule has 2 aliphatic heterocycles. The van der Waals surface area contributed by atoms with Crippen LogP contribution in [0.2, 0.25) is 0 Å². The van der Waals surface area contributed by atoms with E-state index in [2.05, 4.69) is 20.9 Å². The van der Waals surface area contributed by atoms with Crippen molar-refractivity contribution < 1.29 is 13.6 Å². The lowest BCUT2D eigenvalue weighted by atomic mass is 10.1. The Bertz CT molecular complexity index is 816. The van der Waals surface area contributed by atoms with E-state index in [1.54, 1.807) is 6.20 Å². The molecule has 2 atom stereocenters. The van der Waals surface area contributed by atoms with Gasteiger partial charge in [-0.15, -0.1) is 0 Å². The summed E-state index contributed by atoms with van der Waals surface area (Å²) in [5.74, 6) is -0.384. The van der Waals surface area contributed by atoms with Crippen LogP contribution in [0.1, 0.15) is 18.7 Å². The van der Waals surface area contributed by atoms with Gasteiger partial charge in [0.1, 0.15) is 17.5 Å². The first-order chi connectivity index (χ1) is 12.6. The minimum absolute atomic E-state index is 0.00280. The van der Waals surface area contributed by atoms with Gasteiger partial charge in [-0.1, -0.05) is 0 Å². The number of amides is 2. The Morgan fingerprint density at radius 2 is 2.08 bits per heavy atom. The van der Waals surface area contributed by atoms with Crippen molar-refractivity contribution in [1.29, 1.82) is 0 Å². The van der Waals surface area contributed by atoms with E-state index < -0.39 is 11.6 Å². The molecular formula is C18H21F2N5O. The van der Waals surface area contributed by atoms with Gasteiger partial charge in [-0.25, -0.2) is 18.6 Å². The fraction of sp³-hybridized carbons (Fsp3) is 0.444. The first kappa shape index (κ1) is 17.0. The number of aromatic nitrogens is 2. The maximum atomic E-state index is 14.0. The molecule has 0 saturated carbocycles. The van der Waals surface area contributed by atoms with Gasteiger partial charge < -0.3 is 20.5 Å². The van der Waals surface area contributed by atoms with Crippen LogP contribution < -0.4 is 16.0 Å². The van der Waals surface area contributed by atoms with E-state index in [-0.39, 0.29) is 23.7 Å². The lowest BCUT2D eigenvalue weighted by Crippen LogP contribution is -2.49. The number of hydrogen-bond donors (Lipinski definition) is 3. The zero-order valence-electron chi connectivity index (χ0n) is 14.3. The molecule has 138 valence electrons. The van der Waals surface area contributed by atoms with Crippen LogP contribution in [0.25, 0.3) is 11.3 Å². The van der Waals surface area contributed by atoms with Crippen molar-refractivity contribution in [3.8, 4) is 11.3 Å². The van der Waals surface area contributed by atoms with Gasteiger partial charge in [0.15, 0.2) is 0 Å². The molecule has 4 rings (SSSR count). The van der Waals surface area contributed by atoms with E-state index in [1.807, 2.05) is 4.57 Å². The Hall–Kier alpha value is -2.48. The second-order valence-electron chi connectivity index (χ2n) is 6.86. The summed E-state index contributed by atoms with van der Waals surface area (Å²) in [6, 6.07) is 3.51. The Morgan fingerprint density at radius 3 is 2.85 bits per heavy atom. The van der Waals surface area contributed by atoms with Gasteiger partial charge in [-0.2, -0.15) is 0 Å². The summed E-state index contributed by atoms with van der Waals surface area (Å²) in [4.78, 5) is 16.6. The van der Waals surface area contributed by atoms with Crippen molar-refractivity contribution >= 4 is 6.03 Å². The number of nitrogens with one attached hydrogen (secondary N) is 3. The van der Waals surface area contributed by atoms with Gasteiger partial charge in [0.25, 0.3) is 0 Å². The van der Waals surface area contributed by atoms with Gasteiger partial charge in [0.05, 0.1) is 5.69 Å². The number of nitrogens with zero attached hydrogens (tertiary/aromatic N) is 2. The van der Waals surface area contributed by atoms with Crippen molar-refractivity contribution in [3.63, 3.8) is 0 Å². The molecule has 6 nitrogen and oxygen atoms in total. The number of rotatable bonds is 3. The highest BCUT2D eigenvalue weighted by molar-refractivity contribution is 5.74. The molecule has 3 heterocycles. The molecule has 1 aromatic carbocycles. The normalized spacial score (nSPS) is 22.1. The highest BCUT2D eigenvalue weighted by atomic mass is 19.1. The molecule has 8 heteroatoms. The zero-order chi connectivity index (χ0) is 18.1. The molecule has 0 radical (unpaired) electrons. The highest BCUT2D eigenvalue weighted by Crippen LogP contribution is 2.25. The summed E-state index contributed by atoms with van der Waals surface area (Å²) < 4.78 is 29.0. The van der Waals surface area contributed by atoms with Crippen LogP contribution in [0, 0.1) is 11.6 Å². The van der Waals surface area contributed by atoms with E-state index in [9.17, 15) is 13.6 Å². The third-order valence-electron chi connectivity index (χ3n) is 4.93. The van der Waals surface area contributed by atoms with Gasteiger partial charge in [-0.05, 0) is 31.5 Å². The van der Waals surface area contributed by atoms with Crippen molar-refractivity contribution in [2.24, 2.45) is 0 Å². The monoisotopic (exact) mass is 361 g/mol. The predicted molar refractivity (Wildman–Crippen MR) is 92.6 cm³/mol. The molecule has 1 saturated heterocycles. The number of aryl methyl sites for hydroxylation is 1. The second kappa shape index (κ2) is 7.03. The molecule has 3 N–H and O–H groups in total. The summed E-state index contributed by atoms with van der Waals surface area (Å²) in [7, 11) is 0. The average Bonchev–Trinajstić information content (AvgIpc) is 3.23. The maximum Gasteiger partial charge on any atom is 0.315 e. The Labute approximate surface area is 150 Å². The molecule has 1 fully saturated rings. The number of imidazole rings is 1. The average molecular weight is 361 g/mol. The van der Waals surface area contributed by atoms with Gasteiger partial charge in [0.2, 0.25) is 0 Å². The fourth-order valence-electron chi connectivity index (χ4n) is 3.58. The van der Waals surface area contributed by atoms with Crippen LogP contribution in [0.3, 0.4) is 0 Å². The van der Waals surface area contributed by atoms with E-state index in [0.717, 1.165) is 37.8 Å². The maximum absolute atomic E-state index is 14.0. The zero-order valence-corrected chi connectivity index (χ0v) is 14.3. The third-order valence-corrected chi connectivity index (χ3v) is 4.93. The Kier molecular flexibility index (Phi) is 4.58. The topological polar surface area (TPSA) is 71.0 Å². The molecule has 0 spiro atoms. The van der Waals surface area contributed by atoms with Gasteiger partial charge in [-0.3, -0.25) is 0 Å². The number of carbonyl (C=O) groups excluding carboxylic acids is 1. The molecule has 2 aromatic rings. The standard InChI is InChI=1S/C18H21F2N5O/c19-11-1-3-14(15(20)7-11)16-10-25-9-13(2-4-17(25)24-16)23-18(26)22-12-5-6-21-8-12/h1,3,7,10,12-13,21H,2,4-6,8-9H2,(H2,22,23,26). The van der Waals surface area contributed by atoms with Crippen LogP contribution >= 0.6 is 0 Å². The lowest BCUT2D eigenvalue weighted by molar-refractivity contribution is 0.229. The summed E-state index contributed by atoms with van der Waals surface area (Å²) in [5, 5.41) is 9.19. The van der Waals surface area contributed by atoms with Crippen molar-refractivity contribution in [2.45, 2.75) is 37.9 Å². The number of hydrogen-bond acceptors (Lipinski definition) is 3. The molecule has 26 heavy (non-hydrogen) atoms. The molecular weight excluding hydrogens is 340 g/mol. The number of benzene rings is 1. The second-order valence-corrected chi connectivity index (χ2v) is 6.86. The molecule has 0 bridgehead atoms. The molecule has 2 aliphatic rings. The summed E-state index contributed by atoms with van der Waals surface area (Å²) in [6.45, 7) is 2.31. The van der Waals surface area contributed by atoms with Crippen LogP contribution in [-0.2, 0) is 13.0 Å². The number of fused-ring (bicyclic) bond motifs is 1. The molecule has 2 unspecified atom stereocenters. The minimum atomic E-state index is -0.625. The van der Waals surface area contributed by atoms with E-state index in [0.29, 0.717) is 18.7 Å². The SMILES string of the molecule is O=C(NC1CCNC1)NC1CCc2nc(-c3ccc(F)cc3F)cn2C1. The lowest BCUT2D eigenvalue weighted by Gasteiger charge is -2.25. The van der Waals surface area contributed by atoms with Crippen LogP contribution in [0.4, 0.5) is 13.6 Å². The largest absolute Gasteiger partial charge is 0.334 e. The third kappa shape index (κ3) is 3.55. The van der Waals surface area contributed by atoms with Crippen molar-refractivity contribution in [3.05, 3.63) is 41.9 Å².